The second-order valence-corrected chi connectivity index (χ2v) is 7.00. The van der Waals surface area contributed by atoms with Gasteiger partial charge in [0.05, 0.1) is 6.54 Å². The second-order valence-electron chi connectivity index (χ2n) is 7.00. The molecule has 1 amide bonds. The molecule has 3 N–H and O–H groups in total. The molecule has 1 aliphatic carbocycles. The Morgan fingerprint density at radius 2 is 1.83 bits per heavy atom. The van der Waals surface area contributed by atoms with Crippen LogP contribution < -0.4 is 11.1 Å². The first-order chi connectivity index (χ1) is 10.3. The Hall–Kier alpha value is -0.730. The molecule has 0 bridgehead atoms. The average molecular weight is 440 g/mol. The minimum Gasteiger partial charge on any atom is -0.444 e. The first-order valence-electron chi connectivity index (χ1n) is 8.28. The van der Waals surface area contributed by atoms with Gasteiger partial charge in [-0.3, -0.25) is 4.99 Å². The molecule has 23 heavy (non-hydrogen) atoms. The zero-order chi connectivity index (χ0) is 16.6. The first-order valence-corrected chi connectivity index (χ1v) is 8.28. The van der Waals surface area contributed by atoms with E-state index in [1.807, 2.05) is 20.8 Å². The van der Waals surface area contributed by atoms with E-state index in [0.29, 0.717) is 25.1 Å². The number of hydrogen-bond acceptors (Lipinski definition) is 3. The van der Waals surface area contributed by atoms with E-state index in [1.165, 1.54) is 30.6 Å². The Morgan fingerprint density at radius 1 is 1.26 bits per heavy atom. The fourth-order valence-corrected chi connectivity index (χ4v) is 2.43. The minimum atomic E-state index is -0.477. The molecule has 0 saturated heterocycles. The van der Waals surface area contributed by atoms with Crippen LogP contribution in [0.15, 0.2) is 4.99 Å². The molecular formula is C16H33IN4O2. The van der Waals surface area contributed by atoms with Gasteiger partial charge in [0.15, 0.2) is 5.96 Å². The average Bonchev–Trinajstić information content (AvgIpc) is 2.65. The van der Waals surface area contributed by atoms with Gasteiger partial charge in [0.1, 0.15) is 5.60 Å². The summed E-state index contributed by atoms with van der Waals surface area (Å²) < 4.78 is 5.28. The van der Waals surface area contributed by atoms with Crippen LogP contribution in [0.5, 0.6) is 0 Å². The van der Waals surface area contributed by atoms with E-state index in [1.54, 1.807) is 7.05 Å². The SMILES string of the molecule is CN(CCN=C(N)NC1CCCCCC1)C(=O)OC(C)(C)C.I. The van der Waals surface area contributed by atoms with Crippen LogP contribution in [0, 0.1) is 0 Å². The summed E-state index contributed by atoms with van der Waals surface area (Å²) in [5.74, 6) is 0.476. The van der Waals surface area contributed by atoms with Gasteiger partial charge in [-0.15, -0.1) is 24.0 Å². The number of guanidine groups is 1. The topological polar surface area (TPSA) is 80.0 Å². The molecule has 7 heteroatoms. The normalized spacial score (nSPS) is 17.0. The monoisotopic (exact) mass is 440 g/mol. The van der Waals surface area contributed by atoms with Gasteiger partial charge in [-0.05, 0) is 33.6 Å². The highest BCUT2D eigenvalue weighted by molar-refractivity contribution is 14.0. The van der Waals surface area contributed by atoms with Gasteiger partial charge in [-0.25, -0.2) is 4.79 Å². The van der Waals surface area contributed by atoms with Gasteiger partial charge in [-0.2, -0.15) is 0 Å². The van der Waals surface area contributed by atoms with Gasteiger partial charge >= 0.3 is 6.09 Å². The highest BCUT2D eigenvalue weighted by atomic mass is 127. The van der Waals surface area contributed by atoms with Crippen LogP contribution in [0.4, 0.5) is 4.79 Å². The lowest BCUT2D eigenvalue weighted by molar-refractivity contribution is 0.0304. The second kappa shape index (κ2) is 10.9. The number of nitrogens with zero attached hydrogens (tertiary/aromatic N) is 2. The van der Waals surface area contributed by atoms with Crippen LogP contribution in [-0.4, -0.2) is 48.7 Å². The van der Waals surface area contributed by atoms with Gasteiger partial charge in [0.2, 0.25) is 0 Å². The van der Waals surface area contributed by atoms with Crippen molar-refractivity contribution in [1.29, 1.82) is 0 Å². The highest BCUT2D eigenvalue weighted by Gasteiger charge is 2.19. The number of likely N-dealkylation sites (N-methyl/N-ethyl adjacent to an activating group) is 1. The van der Waals surface area contributed by atoms with E-state index < -0.39 is 5.60 Å². The number of aliphatic imine (C=N–C) groups is 1. The molecule has 0 unspecified atom stereocenters. The van der Waals surface area contributed by atoms with Crippen LogP contribution >= 0.6 is 24.0 Å². The van der Waals surface area contributed by atoms with Crippen LogP contribution in [0.3, 0.4) is 0 Å². The Labute approximate surface area is 157 Å². The van der Waals surface area contributed by atoms with E-state index in [4.69, 9.17) is 10.5 Å². The fraction of sp³-hybridized carbons (Fsp3) is 0.875. The molecule has 0 heterocycles. The van der Waals surface area contributed by atoms with Crippen LogP contribution in [0.25, 0.3) is 0 Å². The van der Waals surface area contributed by atoms with Crippen molar-refractivity contribution in [2.24, 2.45) is 10.7 Å². The summed E-state index contributed by atoms with van der Waals surface area (Å²) in [5.41, 5.74) is 5.45. The van der Waals surface area contributed by atoms with E-state index in [0.717, 1.165) is 12.8 Å². The summed E-state index contributed by atoms with van der Waals surface area (Å²) in [6.45, 7) is 6.52. The predicted octanol–water partition coefficient (Wildman–Crippen LogP) is 3.10. The maximum atomic E-state index is 11.8. The van der Waals surface area contributed by atoms with Crippen molar-refractivity contribution < 1.29 is 9.53 Å². The third-order valence-corrected chi connectivity index (χ3v) is 3.63. The van der Waals surface area contributed by atoms with Crippen molar-refractivity contribution >= 4 is 36.0 Å². The quantitative estimate of drug-likeness (QED) is 0.305. The minimum absolute atomic E-state index is 0. The van der Waals surface area contributed by atoms with Gasteiger partial charge < -0.3 is 20.7 Å². The summed E-state index contributed by atoms with van der Waals surface area (Å²) in [6.07, 6.45) is 7.13. The zero-order valence-corrected chi connectivity index (χ0v) is 17.3. The lowest BCUT2D eigenvalue weighted by atomic mass is 10.1. The first kappa shape index (κ1) is 22.3. The standard InChI is InChI=1S/C16H32N4O2.HI/c1-16(2,3)22-15(21)20(4)12-11-18-14(17)19-13-9-7-5-6-8-10-13;/h13H,5-12H2,1-4H3,(H3,17,18,19);1H. The molecule has 0 aromatic carbocycles. The third kappa shape index (κ3) is 10.6. The molecule has 1 fully saturated rings. The number of carbonyl (C=O) groups excluding carboxylic acids is 1. The summed E-state index contributed by atoms with van der Waals surface area (Å²) in [6, 6.07) is 0.440. The molecule has 6 nitrogen and oxygen atoms in total. The summed E-state index contributed by atoms with van der Waals surface area (Å²) >= 11 is 0. The number of hydrogen-bond donors (Lipinski definition) is 2. The van der Waals surface area contributed by atoms with Crippen LogP contribution in [0.2, 0.25) is 0 Å². The molecule has 0 aromatic rings. The Morgan fingerprint density at radius 3 is 2.35 bits per heavy atom. The Bertz CT molecular complexity index is 375. The van der Waals surface area contributed by atoms with Crippen molar-refractivity contribution in [2.75, 3.05) is 20.1 Å². The zero-order valence-electron chi connectivity index (χ0n) is 14.9. The van der Waals surface area contributed by atoms with E-state index in [9.17, 15) is 4.79 Å². The van der Waals surface area contributed by atoms with Crippen molar-refractivity contribution in [3.63, 3.8) is 0 Å². The predicted molar refractivity (Wildman–Crippen MR) is 105 cm³/mol. The molecule has 136 valence electrons. The van der Waals surface area contributed by atoms with Crippen molar-refractivity contribution in [2.45, 2.75) is 70.9 Å². The number of nitrogens with two attached hydrogens (primary N) is 1. The number of rotatable bonds is 4. The molecule has 0 radical (unpaired) electrons. The number of amides is 1. The van der Waals surface area contributed by atoms with Gasteiger partial charge in [-0.1, -0.05) is 25.7 Å². The van der Waals surface area contributed by atoms with Crippen molar-refractivity contribution in [1.82, 2.24) is 10.2 Å². The molecule has 0 aliphatic heterocycles. The number of ether oxygens (including phenoxy) is 1. The smallest absolute Gasteiger partial charge is 0.410 e. The lowest BCUT2D eigenvalue weighted by Gasteiger charge is -2.24. The molecular weight excluding hydrogens is 407 g/mol. The maximum absolute atomic E-state index is 11.8. The van der Waals surface area contributed by atoms with Crippen LogP contribution in [-0.2, 0) is 4.74 Å². The van der Waals surface area contributed by atoms with Crippen molar-refractivity contribution in [3.8, 4) is 0 Å². The Balaban J connectivity index is 0.00000484. The molecule has 1 saturated carbocycles. The molecule has 1 aliphatic rings. The maximum Gasteiger partial charge on any atom is 0.410 e. The summed E-state index contributed by atoms with van der Waals surface area (Å²) in [7, 11) is 1.71. The summed E-state index contributed by atoms with van der Waals surface area (Å²) in [5, 5.41) is 3.29. The lowest BCUT2D eigenvalue weighted by Crippen LogP contribution is -2.40. The molecule has 0 aromatic heterocycles. The van der Waals surface area contributed by atoms with Gasteiger partial charge in [0.25, 0.3) is 0 Å². The molecule has 1 rings (SSSR count). The van der Waals surface area contributed by atoms with E-state index in [2.05, 4.69) is 10.3 Å². The number of carbonyl (C=O) groups is 1. The fourth-order valence-electron chi connectivity index (χ4n) is 2.43. The summed E-state index contributed by atoms with van der Waals surface area (Å²) in [4.78, 5) is 17.6. The van der Waals surface area contributed by atoms with E-state index >= 15 is 0 Å². The molecule has 0 spiro atoms. The number of nitrogens with one attached hydrogen (secondary N) is 1. The third-order valence-electron chi connectivity index (χ3n) is 3.63. The van der Waals surface area contributed by atoms with E-state index in [-0.39, 0.29) is 30.1 Å². The highest BCUT2D eigenvalue weighted by Crippen LogP contribution is 2.16. The largest absolute Gasteiger partial charge is 0.444 e. The Kier molecular flexibility index (Phi) is 10.6. The number of halogens is 1. The van der Waals surface area contributed by atoms with Crippen molar-refractivity contribution in [3.05, 3.63) is 0 Å². The van der Waals surface area contributed by atoms with Gasteiger partial charge in [0, 0.05) is 19.6 Å². The molecule has 0 atom stereocenters. The van der Waals surface area contributed by atoms with Crippen LogP contribution in [0.1, 0.15) is 59.3 Å².